The van der Waals surface area contributed by atoms with E-state index < -0.39 is 23.9 Å². The Labute approximate surface area is 206 Å². The van der Waals surface area contributed by atoms with Crippen molar-refractivity contribution in [2.45, 2.75) is 92.5 Å². The van der Waals surface area contributed by atoms with Gasteiger partial charge in [-0.25, -0.2) is 4.79 Å². The third kappa shape index (κ3) is 4.94. The maximum Gasteiger partial charge on any atom is 0.495 e. The maximum atomic E-state index is 12.6. The quantitative estimate of drug-likeness (QED) is 0.493. The second kappa shape index (κ2) is 9.13. The summed E-state index contributed by atoms with van der Waals surface area (Å²) >= 11 is 0. The van der Waals surface area contributed by atoms with Crippen molar-refractivity contribution < 1.29 is 18.8 Å². The summed E-state index contributed by atoms with van der Waals surface area (Å²) in [5.41, 5.74) is 5.53. The largest absolute Gasteiger partial charge is 0.495 e. The molecule has 0 bridgehead atoms. The standard InChI is InChI=1S/C27H41BN2O4/c1-12-13-21-18(2)22(28-33-26(8,9)27(10,11)34-28)20(4)23(19(21)3)29-14-16-30(17-15-29)24(31)32-25(5,6)7/h1H,13-17H2,2-11H3. The number of hydrogen-bond acceptors (Lipinski definition) is 5. The van der Waals surface area contributed by atoms with Crippen LogP contribution in [0, 0.1) is 33.1 Å². The number of carbonyl (C=O) groups is 1. The molecule has 0 saturated carbocycles. The summed E-state index contributed by atoms with van der Waals surface area (Å²) in [4.78, 5) is 16.7. The second-order valence-electron chi connectivity index (χ2n) is 11.5. The molecule has 0 aromatic heterocycles. The van der Waals surface area contributed by atoms with Crippen molar-refractivity contribution in [2.24, 2.45) is 0 Å². The number of ether oxygens (including phenoxy) is 1. The summed E-state index contributed by atoms with van der Waals surface area (Å²) in [6.45, 7) is 23.1. The van der Waals surface area contributed by atoms with Crippen molar-refractivity contribution in [1.29, 1.82) is 0 Å². The lowest BCUT2D eigenvalue weighted by atomic mass is 9.70. The number of hydrogen-bond donors (Lipinski definition) is 0. The van der Waals surface area contributed by atoms with Gasteiger partial charge in [-0.3, -0.25) is 0 Å². The van der Waals surface area contributed by atoms with Crippen LogP contribution in [0.15, 0.2) is 0 Å². The van der Waals surface area contributed by atoms with Gasteiger partial charge in [0, 0.05) is 38.3 Å². The highest BCUT2D eigenvalue weighted by Gasteiger charge is 2.53. The van der Waals surface area contributed by atoms with E-state index in [1.165, 1.54) is 11.3 Å². The molecule has 1 aromatic rings. The second-order valence-corrected chi connectivity index (χ2v) is 11.5. The molecule has 34 heavy (non-hydrogen) atoms. The Hall–Kier alpha value is -2.17. The number of anilines is 1. The summed E-state index contributed by atoms with van der Waals surface area (Å²) in [5, 5.41) is 0. The van der Waals surface area contributed by atoms with Gasteiger partial charge < -0.3 is 23.8 Å². The zero-order valence-electron chi connectivity index (χ0n) is 22.7. The van der Waals surface area contributed by atoms with Crippen LogP contribution >= 0.6 is 0 Å². The summed E-state index contributed by atoms with van der Waals surface area (Å²) in [5.74, 6) is 2.84. The third-order valence-electron chi connectivity index (χ3n) is 7.44. The van der Waals surface area contributed by atoms with E-state index in [1.807, 2.05) is 20.8 Å². The molecule has 3 rings (SSSR count). The average Bonchev–Trinajstić information content (AvgIpc) is 2.91. The normalized spacial score (nSPS) is 19.9. The molecule has 1 aromatic carbocycles. The predicted octanol–water partition coefficient (Wildman–Crippen LogP) is 4.14. The molecular formula is C27H41BN2O4. The number of carbonyl (C=O) groups excluding carboxylic acids is 1. The van der Waals surface area contributed by atoms with Gasteiger partial charge in [-0.05, 0) is 97.0 Å². The van der Waals surface area contributed by atoms with Gasteiger partial charge in [0.15, 0.2) is 0 Å². The first kappa shape index (κ1) is 26.4. The molecule has 7 heteroatoms. The molecule has 2 heterocycles. The molecule has 6 nitrogen and oxygen atoms in total. The van der Waals surface area contributed by atoms with E-state index in [1.54, 1.807) is 4.90 Å². The van der Waals surface area contributed by atoms with Crippen molar-refractivity contribution in [3.05, 3.63) is 22.3 Å². The van der Waals surface area contributed by atoms with Gasteiger partial charge in [0.25, 0.3) is 0 Å². The van der Waals surface area contributed by atoms with Crippen LogP contribution in [0.4, 0.5) is 10.5 Å². The molecule has 2 aliphatic heterocycles. The van der Waals surface area contributed by atoms with Crippen molar-refractivity contribution in [2.75, 3.05) is 31.1 Å². The Bertz CT molecular complexity index is 980. The third-order valence-corrected chi connectivity index (χ3v) is 7.44. The minimum atomic E-state index is -0.500. The smallest absolute Gasteiger partial charge is 0.444 e. The number of terminal acetylenes is 1. The Morgan fingerprint density at radius 3 is 2.00 bits per heavy atom. The highest BCUT2D eigenvalue weighted by atomic mass is 16.7. The van der Waals surface area contributed by atoms with Crippen LogP contribution in [0.25, 0.3) is 0 Å². The topological polar surface area (TPSA) is 51.2 Å². The van der Waals surface area contributed by atoms with Crippen LogP contribution in [0.3, 0.4) is 0 Å². The minimum absolute atomic E-state index is 0.254. The zero-order chi connectivity index (χ0) is 25.6. The van der Waals surface area contributed by atoms with E-state index in [9.17, 15) is 4.79 Å². The van der Waals surface area contributed by atoms with Crippen molar-refractivity contribution in [3.8, 4) is 12.3 Å². The zero-order valence-corrected chi connectivity index (χ0v) is 22.7. The molecule has 0 unspecified atom stereocenters. The number of amides is 1. The monoisotopic (exact) mass is 468 g/mol. The van der Waals surface area contributed by atoms with E-state index in [0.29, 0.717) is 19.5 Å². The lowest BCUT2D eigenvalue weighted by Crippen LogP contribution is -2.51. The fourth-order valence-electron chi connectivity index (χ4n) is 4.87. The Morgan fingerprint density at radius 1 is 1.00 bits per heavy atom. The van der Waals surface area contributed by atoms with Crippen LogP contribution in [0.2, 0.25) is 0 Å². The van der Waals surface area contributed by atoms with Gasteiger partial charge in [0.2, 0.25) is 0 Å². The van der Waals surface area contributed by atoms with Gasteiger partial charge in [0.1, 0.15) is 5.60 Å². The van der Waals surface area contributed by atoms with E-state index in [2.05, 4.69) is 59.3 Å². The number of benzene rings is 1. The van der Waals surface area contributed by atoms with Crippen LogP contribution in [0.1, 0.15) is 70.7 Å². The number of piperazine rings is 1. The molecule has 0 radical (unpaired) electrons. The Balaban J connectivity index is 1.96. The number of rotatable bonds is 3. The first-order valence-corrected chi connectivity index (χ1v) is 12.2. The van der Waals surface area contributed by atoms with Gasteiger partial charge in [-0.15, -0.1) is 12.3 Å². The highest BCUT2D eigenvalue weighted by Crippen LogP contribution is 2.39. The van der Waals surface area contributed by atoms with E-state index >= 15 is 0 Å². The van der Waals surface area contributed by atoms with Crippen LogP contribution in [-0.2, 0) is 20.5 Å². The van der Waals surface area contributed by atoms with E-state index in [4.69, 9.17) is 20.5 Å². The Kier molecular flexibility index (Phi) is 7.10. The molecule has 0 N–H and O–H groups in total. The van der Waals surface area contributed by atoms with Crippen LogP contribution in [0.5, 0.6) is 0 Å². The fourth-order valence-corrected chi connectivity index (χ4v) is 4.87. The molecule has 1 amide bonds. The summed E-state index contributed by atoms with van der Waals surface area (Å²) < 4.78 is 18.5. The van der Waals surface area contributed by atoms with E-state index in [0.717, 1.165) is 35.2 Å². The molecule has 0 spiro atoms. The Morgan fingerprint density at radius 2 is 1.53 bits per heavy atom. The van der Waals surface area contributed by atoms with E-state index in [-0.39, 0.29) is 6.09 Å². The summed E-state index contributed by atoms with van der Waals surface area (Å²) in [6, 6.07) is 0. The fraction of sp³-hybridized carbons (Fsp3) is 0.667. The van der Waals surface area contributed by atoms with Gasteiger partial charge in [0.05, 0.1) is 11.2 Å². The lowest BCUT2D eigenvalue weighted by Gasteiger charge is -2.39. The highest BCUT2D eigenvalue weighted by molar-refractivity contribution is 6.63. The van der Waals surface area contributed by atoms with Crippen LogP contribution in [-0.4, -0.2) is 61.1 Å². The first-order chi connectivity index (χ1) is 15.6. The molecule has 2 fully saturated rings. The lowest BCUT2D eigenvalue weighted by molar-refractivity contribution is 0.00578. The van der Waals surface area contributed by atoms with Gasteiger partial charge in [-0.2, -0.15) is 0 Å². The van der Waals surface area contributed by atoms with Crippen LogP contribution < -0.4 is 10.4 Å². The molecule has 0 atom stereocenters. The molecule has 2 saturated heterocycles. The van der Waals surface area contributed by atoms with Gasteiger partial charge >= 0.3 is 13.2 Å². The minimum Gasteiger partial charge on any atom is -0.444 e. The summed E-state index contributed by atoms with van der Waals surface area (Å²) in [6.07, 6.45) is 6.07. The van der Waals surface area contributed by atoms with Crippen molar-refractivity contribution in [3.63, 3.8) is 0 Å². The SMILES string of the molecule is C#CCc1c(C)c(B2OC(C)(C)C(C)(C)O2)c(C)c(N2CCN(C(=O)OC(C)(C)C)CC2)c1C. The first-order valence-electron chi connectivity index (χ1n) is 12.2. The van der Waals surface area contributed by atoms with Crippen molar-refractivity contribution >= 4 is 24.4 Å². The molecule has 0 aliphatic carbocycles. The average molecular weight is 468 g/mol. The molecular weight excluding hydrogens is 427 g/mol. The number of nitrogens with zero attached hydrogens (tertiary/aromatic N) is 2. The summed E-state index contributed by atoms with van der Waals surface area (Å²) in [7, 11) is -0.455. The predicted molar refractivity (Wildman–Crippen MR) is 139 cm³/mol. The molecule has 186 valence electrons. The molecule has 2 aliphatic rings. The van der Waals surface area contributed by atoms with Crippen molar-refractivity contribution in [1.82, 2.24) is 4.90 Å². The van der Waals surface area contributed by atoms with Gasteiger partial charge in [-0.1, -0.05) is 0 Å². The maximum absolute atomic E-state index is 12.6.